The average molecular weight is 406 g/mol. The van der Waals surface area contributed by atoms with Crippen molar-refractivity contribution in [2.24, 2.45) is 0 Å². The molecule has 140 valence electrons. The summed E-state index contributed by atoms with van der Waals surface area (Å²) in [5, 5.41) is 17.3. The zero-order valence-corrected chi connectivity index (χ0v) is 15.9. The second kappa shape index (κ2) is 8.74. The summed E-state index contributed by atoms with van der Waals surface area (Å²) in [6.07, 6.45) is 0.0452. The van der Waals surface area contributed by atoms with Gasteiger partial charge in [0.25, 0.3) is 0 Å². The quantitative estimate of drug-likeness (QED) is 0.606. The van der Waals surface area contributed by atoms with Gasteiger partial charge in [0.15, 0.2) is 0 Å². The Labute approximate surface area is 164 Å². The van der Waals surface area contributed by atoms with E-state index >= 15 is 0 Å². The monoisotopic (exact) mass is 405 g/mol. The van der Waals surface area contributed by atoms with Gasteiger partial charge in [0.1, 0.15) is 6.54 Å². The number of benzene rings is 1. The van der Waals surface area contributed by atoms with Crippen LogP contribution < -0.4 is 5.32 Å². The number of esters is 1. The molecule has 8 nitrogen and oxygen atoms in total. The number of carbonyl (C=O) groups excluding carboxylic acids is 2. The van der Waals surface area contributed by atoms with E-state index in [2.05, 4.69) is 20.7 Å². The molecule has 1 aromatic carbocycles. The lowest BCUT2D eigenvalue weighted by atomic mass is 10.1. The zero-order chi connectivity index (χ0) is 19.2. The van der Waals surface area contributed by atoms with Crippen LogP contribution in [0.25, 0.3) is 11.4 Å². The smallest absolute Gasteiger partial charge is 0.307 e. The predicted molar refractivity (Wildman–Crippen MR) is 100 cm³/mol. The van der Waals surface area contributed by atoms with Gasteiger partial charge in [0.2, 0.25) is 11.7 Å². The van der Waals surface area contributed by atoms with Crippen molar-refractivity contribution in [3.8, 4) is 11.4 Å². The molecule has 0 aliphatic heterocycles. The Morgan fingerprint density at radius 2 is 2.07 bits per heavy atom. The molecular formula is C17H16ClN5O3S. The van der Waals surface area contributed by atoms with Crippen LogP contribution in [-0.2, 0) is 20.9 Å². The summed E-state index contributed by atoms with van der Waals surface area (Å²) in [7, 11) is 1.31. The fourth-order valence-electron chi connectivity index (χ4n) is 2.36. The van der Waals surface area contributed by atoms with Crippen LogP contribution in [0, 0.1) is 0 Å². The third-order valence-corrected chi connectivity index (χ3v) is 4.90. The van der Waals surface area contributed by atoms with Crippen molar-refractivity contribution >= 4 is 34.8 Å². The second-order valence-electron chi connectivity index (χ2n) is 5.57. The second-order valence-corrected chi connectivity index (χ2v) is 6.98. The Balaban J connectivity index is 1.65. The van der Waals surface area contributed by atoms with Crippen molar-refractivity contribution in [3.63, 3.8) is 0 Å². The summed E-state index contributed by atoms with van der Waals surface area (Å²) in [4.78, 5) is 26.1. The number of hydrogen-bond donors (Lipinski definition) is 1. The first kappa shape index (κ1) is 19.0. The van der Waals surface area contributed by atoms with Crippen molar-refractivity contribution in [3.05, 3.63) is 51.7 Å². The van der Waals surface area contributed by atoms with Crippen molar-refractivity contribution in [2.45, 2.75) is 19.0 Å². The standard InChI is InChI=1S/C17H16ClN5O3S/c1-26-16(25)9-13(14-3-2-8-27-14)19-15(24)10-23-21-17(20-22-23)11-4-6-12(18)7-5-11/h2-8,13H,9-10H2,1H3,(H,19,24). The summed E-state index contributed by atoms with van der Waals surface area (Å²) in [5.74, 6) is -0.348. The fourth-order valence-corrected chi connectivity index (χ4v) is 3.26. The first-order chi connectivity index (χ1) is 13.0. The van der Waals surface area contributed by atoms with E-state index in [-0.39, 0.29) is 18.9 Å². The number of hydrogen-bond acceptors (Lipinski definition) is 7. The molecular weight excluding hydrogens is 390 g/mol. The number of aromatic nitrogens is 4. The first-order valence-electron chi connectivity index (χ1n) is 7.98. The van der Waals surface area contributed by atoms with Crippen LogP contribution in [0.5, 0.6) is 0 Å². The van der Waals surface area contributed by atoms with Gasteiger partial charge in [-0.2, -0.15) is 4.80 Å². The average Bonchev–Trinajstić information content (AvgIpc) is 3.33. The molecule has 1 unspecified atom stereocenters. The lowest BCUT2D eigenvalue weighted by Crippen LogP contribution is -2.33. The highest BCUT2D eigenvalue weighted by molar-refractivity contribution is 7.10. The molecule has 3 aromatic rings. The van der Waals surface area contributed by atoms with Gasteiger partial charge >= 0.3 is 5.97 Å². The molecule has 0 bridgehead atoms. The number of nitrogens with zero attached hydrogens (tertiary/aromatic N) is 4. The molecule has 0 saturated heterocycles. The Hall–Kier alpha value is -2.78. The maximum absolute atomic E-state index is 12.4. The molecule has 0 aliphatic rings. The summed E-state index contributed by atoms with van der Waals surface area (Å²) >= 11 is 7.31. The lowest BCUT2D eigenvalue weighted by molar-refractivity contribution is -0.141. The number of ether oxygens (including phenoxy) is 1. The van der Waals surface area contributed by atoms with Crippen molar-refractivity contribution < 1.29 is 14.3 Å². The topological polar surface area (TPSA) is 99.0 Å². The minimum atomic E-state index is -0.468. The SMILES string of the molecule is COC(=O)CC(NC(=O)Cn1nnc(-c2ccc(Cl)cc2)n1)c1cccs1. The summed E-state index contributed by atoms with van der Waals surface area (Å²) in [6, 6.07) is 10.2. The van der Waals surface area contributed by atoms with Gasteiger partial charge in [0.05, 0.1) is 19.6 Å². The largest absolute Gasteiger partial charge is 0.469 e. The summed E-state index contributed by atoms with van der Waals surface area (Å²) in [6.45, 7) is -0.121. The molecule has 0 spiro atoms. The normalized spacial score (nSPS) is 11.8. The van der Waals surface area contributed by atoms with Crippen LogP contribution in [0.2, 0.25) is 5.02 Å². The molecule has 0 saturated carbocycles. The Morgan fingerprint density at radius 1 is 1.30 bits per heavy atom. The van der Waals surface area contributed by atoms with Crippen LogP contribution in [0.1, 0.15) is 17.3 Å². The fraction of sp³-hybridized carbons (Fsp3) is 0.235. The number of thiophene rings is 1. The molecule has 2 heterocycles. The minimum absolute atomic E-state index is 0.0452. The number of nitrogens with one attached hydrogen (secondary N) is 1. The number of methoxy groups -OCH3 is 1. The van der Waals surface area contributed by atoms with Gasteiger partial charge in [-0.3, -0.25) is 9.59 Å². The molecule has 1 N–H and O–H groups in total. The Bertz CT molecular complexity index is 911. The molecule has 2 aromatic heterocycles. The van der Waals surface area contributed by atoms with Gasteiger partial charge in [0, 0.05) is 15.5 Å². The maximum Gasteiger partial charge on any atom is 0.307 e. The van der Waals surface area contributed by atoms with Gasteiger partial charge in [-0.25, -0.2) is 0 Å². The van der Waals surface area contributed by atoms with Crippen LogP contribution in [0.3, 0.4) is 0 Å². The summed E-state index contributed by atoms with van der Waals surface area (Å²) < 4.78 is 4.70. The first-order valence-corrected chi connectivity index (χ1v) is 9.24. The minimum Gasteiger partial charge on any atom is -0.469 e. The number of tetrazole rings is 1. The Kier molecular flexibility index (Phi) is 6.15. The van der Waals surface area contributed by atoms with Gasteiger partial charge in [-0.05, 0) is 40.9 Å². The van der Waals surface area contributed by atoms with E-state index in [1.807, 2.05) is 17.5 Å². The molecule has 1 amide bonds. The van der Waals surface area contributed by atoms with Crippen LogP contribution >= 0.6 is 22.9 Å². The Morgan fingerprint density at radius 3 is 2.74 bits per heavy atom. The molecule has 10 heteroatoms. The molecule has 0 aliphatic carbocycles. The van der Waals surface area contributed by atoms with Crippen molar-refractivity contribution in [2.75, 3.05) is 7.11 Å². The van der Waals surface area contributed by atoms with E-state index in [1.165, 1.54) is 23.2 Å². The highest BCUT2D eigenvalue weighted by Crippen LogP contribution is 2.22. The van der Waals surface area contributed by atoms with Crippen molar-refractivity contribution in [1.82, 2.24) is 25.5 Å². The molecule has 0 radical (unpaired) electrons. The van der Waals surface area contributed by atoms with Crippen LogP contribution in [0.4, 0.5) is 0 Å². The maximum atomic E-state index is 12.4. The number of amides is 1. The zero-order valence-electron chi connectivity index (χ0n) is 14.3. The summed E-state index contributed by atoms with van der Waals surface area (Å²) in [5.41, 5.74) is 0.744. The van der Waals surface area contributed by atoms with Crippen LogP contribution in [-0.4, -0.2) is 39.2 Å². The molecule has 1 atom stereocenters. The number of rotatable bonds is 7. The predicted octanol–water partition coefficient (Wildman–Crippen LogP) is 2.48. The third kappa shape index (κ3) is 5.11. The van der Waals surface area contributed by atoms with Gasteiger partial charge in [-0.15, -0.1) is 21.5 Å². The van der Waals surface area contributed by atoms with Crippen molar-refractivity contribution in [1.29, 1.82) is 0 Å². The third-order valence-electron chi connectivity index (χ3n) is 3.66. The van der Waals surface area contributed by atoms with E-state index in [1.54, 1.807) is 24.3 Å². The number of halogens is 1. The number of carbonyl (C=O) groups is 2. The van der Waals surface area contributed by atoms with E-state index in [0.717, 1.165) is 10.4 Å². The molecule has 3 rings (SSSR count). The van der Waals surface area contributed by atoms with E-state index in [0.29, 0.717) is 10.8 Å². The van der Waals surface area contributed by atoms with Crippen LogP contribution in [0.15, 0.2) is 41.8 Å². The van der Waals surface area contributed by atoms with Gasteiger partial charge in [-0.1, -0.05) is 17.7 Å². The molecule has 0 fully saturated rings. The lowest BCUT2D eigenvalue weighted by Gasteiger charge is -2.16. The molecule has 27 heavy (non-hydrogen) atoms. The van der Waals surface area contributed by atoms with E-state index in [9.17, 15) is 9.59 Å². The van der Waals surface area contributed by atoms with Gasteiger partial charge < -0.3 is 10.1 Å². The van der Waals surface area contributed by atoms with E-state index in [4.69, 9.17) is 16.3 Å². The van der Waals surface area contributed by atoms with E-state index < -0.39 is 12.0 Å². The highest BCUT2D eigenvalue weighted by atomic mass is 35.5. The highest BCUT2D eigenvalue weighted by Gasteiger charge is 2.20.